The molecule has 8 aromatic rings. The van der Waals surface area contributed by atoms with Crippen LogP contribution in [0.25, 0.3) is 61.0 Å². The molecule has 0 saturated heterocycles. The van der Waals surface area contributed by atoms with Crippen LogP contribution in [0.5, 0.6) is 0 Å². The topological polar surface area (TPSA) is 27.2 Å². The van der Waals surface area contributed by atoms with Gasteiger partial charge in [0.15, 0.2) is 0 Å². The number of hydrogen-bond acceptors (Lipinski definition) is 1. The van der Waals surface area contributed by atoms with E-state index in [2.05, 4.69) is 135 Å². The Balaban J connectivity index is 1.57. The van der Waals surface area contributed by atoms with Crippen molar-refractivity contribution in [2.24, 2.45) is 0 Å². The third kappa shape index (κ3) is 2.48. The molecule has 8 rings (SSSR count). The number of benzene rings is 5. The van der Waals surface area contributed by atoms with Gasteiger partial charge in [-0.05, 0) is 54.6 Å². The molecule has 0 aliphatic carbocycles. The summed E-state index contributed by atoms with van der Waals surface area (Å²) >= 11 is 0. The SMILES string of the molecule is c1ccc(-n2c3ccccc3c3cc4nc5n(-c6ccccc6)c6ccccc6n5c4cc32)cc1. The molecule has 0 N–H and O–H groups in total. The molecule has 3 aromatic heterocycles. The number of imidazole rings is 2. The number of fused-ring (bicyclic) bond motifs is 8. The zero-order chi connectivity index (χ0) is 22.9. The van der Waals surface area contributed by atoms with Crippen LogP contribution < -0.4 is 0 Å². The summed E-state index contributed by atoms with van der Waals surface area (Å²) in [5.41, 5.74) is 9.06. The van der Waals surface area contributed by atoms with Crippen molar-refractivity contribution >= 4 is 49.7 Å². The first-order valence-corrected chi connectivity index (χ1v) is 11.8. The summed E-state index contributed by atoms with van der Waals surface area (Å²) in [7, 11) is 0. The van der Waals surface area contributed by atoms with Crippen molar-refractivity contribution < 1.29 is 0 Å². The lowest BCUT2D eigenvalue weighted by Crippen LogP contribution is -1.94. The monoisotopic (exact) mass is 448 g/mol. The molecule has 164 valence electrons. The second-order valence-electron chi connectivity index (χ2n) is 8.95. The van der Waals surface area contributed by atoms with Gasteiger partial charge in [-0.1, -0.05) is 66.7 Å². The van der Waals surface area contributed by atoms with Crippen LogP contribution in [0.4, 0.5) is 0 Å². The largest absolute Gasteiger partial charge is 0.309 e. The van der Waals surface area contributed by atoms with Crippen molar-refractivity contribution in [3.8, 4) is 11.4 Å². The van der Waals surface area contributed by atoms with Crippen LogP contribution in [0, 0.1) is 0 Å². The van der Waals surface area contributed by atoms with Gasteiger partial charge in [-0.25, -0.2) is 4.98 Å². The number of nitrogens with zero attached hydrogens (tertiary/aromatic N) is 4. The molecule has 0 unspecified atom stereocenters. The van der Waals surface area contributed by atoms with Crippen molar-refractivity contribution in [3.05, 3.63) is 121 Å². The molecule has 4 heteroatoms. The molecule has 0 bridgehead atoms. The molecule has 3 heterocycles. The Morgan fingerprint density at radius 3 is 1.77 bits per heavy atom. The smallest absolute Gasteiger partial charge is 0.220 e. The van der Waals surface area contributed by atoms with Gasteiger partial charge in [0.05, 0.1) is 33.1 Å². The van der Waals surface area contributed by atoms with Crippen LogP contribution in [-0.2, 0) is 0 Å². The van der Waals surface area contributed by atoms with Crippen LogP contribution in [0.2, 0.25) is 0 Å². The fourth-order valence-electron chi connectivity index (χ4n) is 5.55. The van der Waals surface area contributed by atoms with Crippen molar-refractivity contribution in [3.63, 3.8) is 0 Å². The Bertz CT molecular complexity index is 2040. The van der Waals surface area contributed by atoms with Crippen molar-refractivity contribution in [2.45, 2.75) is 0 Å². The molecule has 0 aliphatic heterocycles. The summed E-state index contributed by atoms with van der Waals surface area (Å²) in [4.78, 5) is 5.18. The van der Waals surface area contributed by atoms with E-state index in [1.807, 2.05) is 0 Å². The molecule has 35 heavy (non-hydrogen) atoms. The average molecular weight is 449 g/mol. The van der Waals surface area contributed by atoms with Crippen LogP contribution >= 0.6 is 0 Å². The summed E-state index contributed by atoms with van der Waals surface area (Å²) in [6.45, 7) is 0. The first kappa shape index (κ1) is 18.6. The van der Waals surface area contributed by atoms with E-state index in [0.717, 1.165) is 39.2 Å². The van der Waals surface area contributed by atoms with E-state index in [0.29, 0.717) is 0 Å². The fraction of sp³-hybridized carbons (Fsp3) is 0. The molecule has 0 aliphatic rings. The summed E-state index contributed by atoms with van der Waals surface area (Å²) in [5, 5.41) is 2.45. The fourth-order valence-corrected chi connectivity index (χ4v) is 5.55. The van der Waals surface area contributed by atoms with Gasteiger partial charge in [0.25, 0.3) is 0 Å². The van der Waals surface area contributed by atoms with Crippen molar-refractivity contribution in [1.82, 2.24) is 18.5 Å². The molecule has 0 spiro atoms. The summed E-state index contributed by atoms with van der Waals surface area (Å²) in [6.07, 6.45) is 0. The van der Waals surface area contributed by atoms with Crippen LogP contribution in [0.15, 0.2) is 121 Å². The molecule has 0 atom stereocenters. The summed E-state index contributed by atoms with van der Waals surface area (Å²) < 4.78 is 6.91. The Morgan fingerprint density at radius 2 is 1.03 bits per heavy atom. The highest BCUT2D eigenvalue weighted by Gasteiger charge is 2.20. The third-order valence-corrected chi connectivity index (χ3v) is 7.02. The van der Waals surface area contributed by atoms with Gasteiger partial charge in [0, 0.05) is 22.1 Å². The van der Waals surface area contributed by atoms with Crippen molar-refractivity contribution in [1.29, 1.82) is 0 Å². The molecule has 0 radical (unpaired) electrons. The first-order valence-electron chi connectivity index (χ1n) is 11.8. The van der Waals surface area contributed by atoms with E-state index in [-0.39, 0.29) is 0 Å². The van der Waals surface area contributed by atoms with Crippen LogP contribution in [-0.4, -0.2) is 18.5 Å². The molecular formula is C31H20N4. The predicted molar refractivity (Wildman–Crippen MR) is 144 cm³/mol. The Morgan fingerprint density at radius 1 is 0.429 bits per heavy atom. The Labute approximate surface area is 200 Å². The van der Waals surface area contributed by atoms with Gasteiger partial charge in [-0.3, -0.25) is 8.97 Å². The maximum atomic E-state index is 5.18. The Hall–Kier alpha value is -4.83. The van der Waals surface area contributed by atoms with Crippen molar-refractivity contribution in [2.75, 3.05) is 0 Å². The minimum absolute atomic E-state index is 0.926. The molecular weight excluding hydrogens is 428 g/mol. The normalized spacial score (nSPS) is 12.0. The Kier molecular flexibility index (Phi) is 3.63. The maximum Gasteiger partial charge on any atom is 0.220 e. The van der Waals surface area contributed by atoms with E-state index in [9.17, 15) is 0 Å². The number of aromatic nitrogens is 4. The zero-order valence-corrected chi connectivity index (χ0v) is 18.8. The van der Waals surface area contributed by atoms with Gasteiger partial charge in [-0.15, -0.1) is 0 Å². The number of para-hydroxylation sites is 5. The minimum atomic E-state index is 0.926. The quantitative estimate of drug-likeness (QED) is 0.269. The second kappa shape index (κ2) is 6.84. The summed E-state index contributed by atoms with van der Waals surface area (Å²) in [5.74, 6) is 0.926. The predicted octanol–water partition coefficient (Wildman–Crippen LogP) is 7.53. The second-order valence-corrected chi connectivity index (χ2v) is 8.95. The zero-order valence-electron chi connectivity index (χ0n) is 18.8. The molecule has 0 amide bonds. The van der Waals surface area contributed by atoms with Gasteiger partial charge in [-0.2, -0.15) is 0 Å². The highest BCUT2D eigenvalue weighted by molar-refractivity contribution is 6.13. The maximum absolute atomic E-state index is 5.18. The van der Waals surface area contributed by atoms with E-state index in [1.54, 1.807) is 0 Å². The number of rotatable bonds is 2. The highest BCUT2D eigenvalue weighted by Crippen LogP contribution is 2.36. The standard InChI is InChI=1S/C31H20N4/c1-3-11-21(12-4-1)33-26-16-8-7-15-23(26)24-19-25-30(20-29(24)33)35-28-18-10-9-17-27(28)34(31(35)32-25)22-13-5-2-6-14-22/h1-20H. The molecule has 4 nitrogen and oxygen atoms in total. The van der Waals surface area contributed by atoms with Gasteiger partial charge < -0.3 is 4.57 Å². The molecule has 0 saturated carbocycles. The lowest BCUT2D eigenvalue weighted by atomic mass is 10.1. The summed E-state index contributed by atoms with van der Waals surface area (Å²) in [6, 6.07) is 42.8. The van der Waals surface area contributed by atoms with E-state index in [1.165, 1.54) is 21.8 Å². The van der Waals surface area contributed by atoms with Gasteiger partial charge in [0.2, 0.25) is 5.78 Å². The molecule has 5 aromatic carbocycles. The lowest BCUT2D eigenvalue weighted by Gasteiger charge is -2.07. The lowest BCUT2D eigenvalue weighted by molar-refractivity contribution is 1.11. The van der Waals surface area contributed by atoms with E-state index in [4.69, 9.17) is 4.98 Å². The van der Waals surface area contributed by atoms with E-state index < -0.39 is 0 Å². The van der Waals surface area contributed by atoms with Crippen LogP contribution in [0.1, 0.15) is 0 Å². The van der Waals surface area contributed by atoms with Gasteiger partial charge in [0.1, 0.15) is 0 Å². The average Bonchev–Trinajstić information content (AvgIpc) is 3.55. The first-order chi connectivity index (χ1) is 17.4. The van der Waals surface area contributed by atoms with Gasteiger partial charge >= 0.3 is 0 Å². The van der Waals surface area contributed by atoms with E-state index >= 15 is 0 Å². The van der Waals surface area contributed by atoms with Crippen LogP contribution in [0.3, 0.4) is 0 Å². The number of hydrogen-bond donors (Lipinski definition) is 0. The minimum Gasteiger partial charge on any atom is -0.309 e. The highest BCUT2D eigenvalue weighted by atomic mass is 15.2. The third-order valence-electron chi connectivity index (χ3n) is 7.02. The molecule has 0 fully saturated rings.